The smallest absolute Gasteiger partial charge is 0.255 e. The Labute approximate surface area is 213 Å². The molecule has 3 aromatic rings. The molecule has 3 heterocycles. The van der Waals surface area contributed by atoms with Crippen molar-refractivity contribution >= 4 is 29.1 Å². The summed E-state index contributed by atoms with van der Waals surface area (Å²) in [5.74, 6) is -0.841. The Balaban J connectivity index is 1.22. The van der Waals surface area contributed by atoms with Crippen molar-refractivity contribution in [2.24, 2.45) is 0 Å². The van der Waals surface area contributed by atoms with Gasteiger partial charge >= 0.3 is 0 Å². The zero-order chi connectivity index (χ0) is 25.4. The third kappa shape index (κ3) is 4.52. The van der Waals surface area contributed by atoms with Crippen molar-refractivity contribution < 1.29 is 19.5 Å². The molecule has 1 saturated heterocycles. The molecule has 9 heteroatoms. The predicted octanol–water partition coefficient (Wildman–Crippen LogP) is 2.74. The maximum absolute atomic E-state index is 13.4. The normalized spacial score (nSPS) is 19.9. The zero-order valence-corrected chi connectivity index (χ0v) is 21.0. The number of aromatic nitrogens is 1. The van der Waals surface area contributed by atoms with Crippen molar-refractivity contribution in [1.29, 1.82) is 0 Å². The first-order valence-electron chi connectivity index (χ1n) is 12.0. The minimum absolute atomic E-state index is 0.0686. The van der Waals surface area contributed by atoms with Crippen LogP contribution in [0.2, 0.25) is 0 Å². The van der Waals surface area contributed by atoms with Crippen LogP contribution in [0.25, 0.3) is 10.4 Å². The van der Waals surface area contributed by atoms with E-state index in [-0.39, 0.29) is 30.7 Å². The number of hydrogen-bond donors (Lipinski definition) is 2. The highest BCUT2D eigenvalue weighted by Crippen LogP contribution is 2.28. The van der Waals surface area contributed by atoms with Crippen molar-refractivity contribution in [3.63, 3.8) is 0 Å². The number of aliphatic hydroxyl groups excluding tert-OH is 1. The van der Waals surface area contributed by atoms with Crippen LogP contribution in [0.1, 0.15) is 40.5 Å². The Morgan fingerprint density at radius 1 is 1.19 bits per heavy atom. The van der Waals surface area contributed by atoms with Gasteiger partial charge in [0.25, 0.3) is 5.91 Å². The van der Waals surface area contributed by atoms with Gasteiger partial charge in [-0.3, -0.25) is 14.4 Å². The number of aliphatic hydroxyl groups is 1. The first-order valence-corrected chi connectivity index (χ1v) is 12.9. The average Bonchev–Trinajstić information content (AvgIpc) is 3.59. The number of benzene rings is 2. The lowest BCUT2D eigenvalue weighted by Crippen LogP contribution is -2.52. The van der Waals surface area contributed by atoms with Crippen LogP contribution in [-0.4, -0.2) is 62.3 Å². The lowest BCUT2D eigenvalue weighted by atomic mass is 10.1. The summed E-state index contributed by atoms with van der Waals surface area (Å²) < 4.78 is 0. The van der Waals surface area contributed by atoms with E-state index >= 15 is 0 Å². The minimum Gasteiger partial charge on any atom is -0.391 e. The van der Waals surface area contributed by atoms with E-state index in [2.05, 4.69) is 10.3 Å². The highest BCUT2D eigenvalue weighted by atomic mass is 32.1. The van der Waals surface area contributed by atoms with E-state index in [9.17, 15) is 19.5 Å². The molecular weight excluding hydrogens is 476 g/mol. The number of aryl methyl sites for hydroxylation is 1. The summed E-state index contributed by atoms with van der Waals surface area (Å²) >= 11 is 1.59. The van der Waals surface area contributed by atoms with E-state index in [1.165, 1.54) is 9.80 Å². The number of hydrogen-bond acceptors (Lipinski definition) is 6. The Morgan fingerprint density at radius 3 is 2.64 bits per heavy atom. The Bertz CT molecular complexity index is 1310. The van der Waals surface area contributed by atoms with E-state index < -0.39 is 18.2 Å². The lowest BCUT2D eigenvalue weighted by Gasteiger charge is -2.30. The van der Waals surface area contributed by atoms with Crippen LogP contribution in [0.3, 0.4) is 0 Å². The average molecular weight is 505 g/mol. The van der Waals surface area contributed by atoms with Crippen LogP contribution in [0, 0.1) is 6.92 Å². The number of carbonyl (C=O) groups is 3. The van der Waals surface area contributed by atoms with Gasteiger partial charge in [0.2, 0.25) is 11.8 Å². The molecule has 186 valence electrons. The Kier molecular flexibility index (Phi) is 6.59. The van der Waals surface area contributed by atoms with Crippen molar-refractivity contribution in [3.05, 3.63) is 76.4 Å². The molecular formula is C27H28N4O4S. The van der Waals surface area contributed by atoms with Gasteiger partial charge in [-0.25, -0.2) is 4.98 Å². The highest BCUT2D eigenvalue weighted by molar-refractivity contribution is 7.13. The molecule has 2 aliphatic heterocycles. The molecule has 2 aliphatic rings. The summed E-state index contributed by atoms with van der Waals surface area (Å²) in [5.41, 5.74) is 6.30. The van der Waals surface area contributed by atoms with Gasteiger partial charge in [-0.1, -0.05) is 42.5 Å². The van der Waals surface area contributed by atoms with Gasteiger partial charge in [-0.05, 0) is 36.6 Å². The molecule has 0 aliphatic carbocycles. The molecule has 0 bridgehead atoms. The lowest BCUT2D eigenvalue weighted by molar-refractivity contribution is -0.141. The van der Waals surface area contributed by atoms with Gasteiger partial charge in [0.15, 0.2) is 0 Å². The van der Waals surface area contributed by atoms with Crippen molar-refractivity contribution in [2.45, 2.75) is 51.5 Å². The molecule has 3 atom stereocenters. The molecule has 8 nitrogen and oxygen atoms in total. The molecule has 3 amide bonds. The maximum Gasteiger partial charge on any atom is 0.255 e. The molecule has 2 N–H and O–H groups in total. The summed E-state index contributed by atoms with van der Waals surface area (Å²) in [6.07, 6.45) is -0.618. The second kappa shape index (κ2) is 9.83. The number of thiazole rings is 1. The molecule has 1 unspecified atom stereocenters. The fraction of sp³-hybridized carbons (Fsp3) is 0.333. The molecule has 1 aromatic heterocycles. The Morgan fingerprint density at radius 2 is 1.94 bits per heavy atom. The second-order valence-corrected chi connectivity index (χ2v) is 10.2. The third-order valence-corrected chi connectivity index (χ3v) is 7.94. The zero-order valence-electron chi connectivity index (χ0n) is 20.2. The van der Waals surface area contributed by atoms with Crippen molar-refractivity contribution in [1.82, 2.24) is 20.1 Å². The fourth-order valence-corrected chi connectivity index (χ4v) is 5.74. The molecule has 36 heavy (non-hydrogen) atoms. The predicted molar refractivity (Wildman–Crippen MR) is 136 cm³/mol. The third-order valence-electron chi connectivity index (χ3n) is 6.97. The molecule has 1 fully saturated rings. The largest absolute Gasteiger partial charge is 0.391 e. The monoisotopic (exact) mass is 504 g/mol. The Hall–Kier alpha value is -3.56. The number of amides is 3. The summed E-state index contributed by atoms with van der Waals surface area (Å²) in [6.45, 7) is 4.39. The van der Waals surface area contributed by atoms with E-state index in [0.29, 0.717) is 18.7 Å². The van der Waals surface area contributed by atoms with Crippen molar-refractivity contribution in [3.8, 4) is 10.4 Å². The number of nitrogens with zero attached hydrogens (tertiary/aromatic N) is 3. The fourth-order valence-electron chi connectivity index (χ4n) is 4.93. The molecule has 2 aromatic carbocycles. The molecule has 5 rings (SSSR count). The van der Waals surface area contributed by atoms with Gasteiger partial charge in [0, 0.05) is 31.6 Å². The second-order valence-electron chi connectivity index (χ2n) is 9.34. The van der Waals surface area contributed by atoms with Crippen LogP contribution < -0.4 is 5.32 Å². The van der Waals surface area contributed by atoms with Crippen LogP contribution >= 0.6 is 11.3 Å². The quantitative estimate of drug-likeness (QED) is 0.538. The topological polar surface area (TPSA) is 103 Å². The minimum atomic E-state index is -0.787. The van der Waals surface area contributed by atoms with Crippen LogP contribution in [0.5, 0.6) is 0 Å². The summed E-state index contributed by atoms with van der Waals surface area (Å²) in [4.78, 5) is 47.6. The van der Waals surface area contributed by atoms with Crippen molar-refractivity contribution in [2.75, 3.05) is 6.54 Å². The number of fused-ring (bicyclic) bond motifs is 1. The van der Waals surface area contributed by atoms with Crippen LogP contribution in [0.4, 0.5) is 0 Å². The number of nitrogens with one attached hydrogen (secondary N) is 1. The number of likely N-dealkylation sites (tertiary alicyclic amines) is 1. The molecule has 0 spiro atoms. The number of β-amino-alcohol motifs (C(OH)–C–C–N with tert-alkyl or cyclic N) is 1. The van der Waals surface area contributed by atoms with E-state index in [0.717, 1.165) is 27.3 Å². The van der Waals surface area contributed by atoms with Gasteiger partial charge in [0.05, 0.1) is 22.2 Å². The SMILES string of the molecule is Cc1ncsc1-c1ccc(CNC(=O)[C@@H]2C[C@@H](O)CN2C(=O)C(C)N2Cc3ccccc3C2=O)cc1. The number of rotatable bonds is 6. The van der Waals surface area contributed by atoms with Crippen LogP contribution in [0.15, 0.2) is 54.0 Å². The standard InChI is InChI=1S/C27H28N4O4S/c1-16-24(36-15-29-16)19-9-7-18(8-10-19)12-28-25(33)23-11-21(32)14-31(23)26(34)17(2)30-13-20-5-3-4-6-22(20)27(30)35/h3-10,15,17,21,23,32H,11-14H2,1-2H3,(H,28,33)/t17?,21-,23+/m1/s1. The van der Waals surface area contributed by atoms with Gasteiger partial charge in [-0.2, -0.15) is 0 Å². The molecule has 0 radical (unpaired) electrons. The van der Waals surface area contributed by atoms with E-state index in [1.54, 1.807) is 30.4 Å². The first kappa shape index (κ1) is 24.1. The van der Waals surface area contributed by atoms with Crippen LogP contribution in [-0.2, 0) is 22.7 Å². The summed E-state index contributed by atoms with van der Waals surface area (Å²) in [5, 5.41) is 13.2. The van der Waals surface area contributed by atoms with Gasteiger partial charge in [0.1, 0.15) is 12.1 Å². The first-order chi connectivity index (χ1) is 17.3. The number of carbonyl (C=O) groups excluding carboxylic acids is 3. The maximum atomic E-state index is 13.4. The van der Waals surface area contributed by atoms with E-state index in [1.807, 2.05) is 48.8 Å². The van der Waals surface area contributed by atoms with Gasteiger partial charge in [-0.15, -0.1) is 11.3 Å². The highest BCUT2D eigenvalue weighted by Gasteiger charge is 2.43. The van der Waals surface area contributed by atoms with E-state index in [4.69, 9.17) is 0 Å². The molecule has 0 saturated carbocycles. The van der Waals surface area contributed by atoms with Gasteiger partial charge < -0.3 is 20.2 Å². The summed E-state index contributed by atoms with van der Waals surface area (Å²) in [6, 6.07) is 13.7. The summed E-state index contributed by atoms with van der Waals surface area (Å²) in [7, 11) is 0.